The number of benzene rings is 1. The van der Waals surface area contributed by atoms with Gasteiger partial charge in [0.1, 0.15) is 0 Å². The summed E-state index contributed by atoms with van der Waals surface area (Å²) in [5.41, 5.74) is 2.85. The number of thioether (sulfide) groups is 1. The van der Waals surface area contributed by atoms with Gasteiger partial charge in [0.15, 0.2) is 16.9 Å². The van der Waals surface area contributed by atoms with Crippen LogP contribution in [0.2, 0.25) is 10.0 Å². The maximum atomic E-state index is 6.54. The van der Waals surface area contributed by atoms with E-state index in [2.05, 4.69) is 43.0 Å². The van der Waals surface area contributed by atoms with Crippen LogP contribution in [0.1, 0.15) is 26.2 Å². The highest BCUT2D eigenvalue weighted by Crippen LogP contribution is 2.41. The molecule has 0 amide bonds. The fourth-order valence-corrected chi connectivity index (χ4v) is 5.59. The third-order valence-electron chi connectivity index (χ3n) is 5.72. The Kier molecular flexibility index (Phi) is 6.14. The van der Waals surface area contributed by atoms with E-state index in [0.29, 0.717) is 10.0 Å². The van der Waals surface area contributed by atoms with Crippen LogP contribution < -0.4 is 4.48 Å². The predicted octanol–water partition coefficient (Wildman–Crippen LogP) is 6.51. The topological polar surface area (TPSA) is 26.5 Å². The van der Waals surface area contributed by atoms with Crippen LogP contribution in [0.4, 0.5) is 5.82 Å². The van der Waals surface area contributed by atoms with E-state index >= 15 is 0 Å². The molecule has 0 bridgehead atoms. The van der Waals surface area contributed by atoms with E-state index in [1.807, 2.05) is 12.1 Å². The van der Waals surface area contributed by atoms with E-state index in [-0.39, 0.29) is 6.23 Å². The van der Waals surface area contributed by atoms with Crippen LogP contribution >= 0.6 is 35.0 Å². The third kappa shape index (κ3) is 3.68. The van der Waals surface area contributed by atoms with E-state index in [9.17, 15) is 0 Å². The van der Waals surface area contributed by atoms with Crippen molar-refractivity contribution in [3.05, 3.63) is 46.6 Å². The van der Waals surface area contributed by atoms with Gasteiger partial charge < -0.3 is 4.74 Å². The van der Waals surface area contributed by atoms with E-state index in [4.69, 9.17) is 32.9 Å². The Morgan fingerprint density at radius 1 is 1.28 bits per heavy atom. The molecule has 1 aliphatic heterocycles. The first kappa shape index (κ1) is 21.0. The van der Waals surface area contributed by atoms with Gasteiger partial charge in [0.2, 0.25) is 5.82 Å². The first-order chi connectivity index (χ1) is 14.0. The molecule has 0 spiro atoms. The van der Waals surface area contributed by atoms with Crippen molar-refractivity contribution in [1.29, 1.82) is 0 Å². The molecule has 2 atom stereocenters. The number of rotatable bonds is 6. The highest BCUT2D eigenvalue weighted by molar-refractivity contribution is 7.98. The number of nitrogens with zero attached hydrogens (tertiary/aromatic N) is 3. The normalized spacial score (nSPS) is 19.0. The molecule has 4 nitrogen and oxygen atoms in total. The lowest BCUT2D eigenvalue weighted by Crippen LogP contribution is -2.54. The van der Waals surface area contributed by atoms with Gasteiger partial charge in [-0.3, -0.25) is 8.88 Å². The molecule has 3 aromatic rings. The van der Waals surface area contributed by atoms with Crippen LogP contribution in [0.15, 0.2) is 41.6 Å². The molecule has 1 saturated heterocycles. The zero-order valence-corrected chi connectivity index (χ0v) is 19.3. The largest absolute Gasteiger partial charge is 0.329 e. The van der Waals surface area contributed by atoms with Crippen LogP contribution in [0.5, 0.6) is 0 Å². The Bertz CT molecular complexity index is 1030. The first-order valence-corrected chi connectivity index (χ1v) is 12.0. The van der Waals surface area contributed by atoms with Crippen LogP contribution in [-0.4, -0.2) is 42.1 Å². The molecule has 2 unspecified atom stereocenters. The summed E-state index contributed by atoms with van der Waals surface area (Å²) >= 11 is 14.3. The molecular weight excluding hydrogens is 425 g/mol. The zero-order chi connectivity index (χ0) is 20.6. The molecule has 0 aliphatic carbocycles. The number of hydrogen-bond acceptors (Lipinski definition) is 3. The fraction of sp³-hybridized carbons (Fsp3) is 0.409. The molecule has 3 heterocycles. The summed E-state index contributed by atoms with van der Waals surface area (Å²) in [5.74, 6) is 1.19. The Balaban J connectivity index is 1.96. The van der Waals surface area contributed by atoms with Crippen molar-refractivity contribution >= 4 is 46.4 Å². The number of fused-ring (bicyclic) bond motifs is 1. The molecule has 0 N–H and O–H groups in total. The molecule has 4 rings (SSSR count). The Morgan fingerprint density at radius 2 is 2.10 bits per heavy atom. The highest BCUT2D eigenvalue weighted by Gasteiger charge is 2.42. The maximum Gasteiger partial charge on any atom is 0.248 e. The van der Waals surface area contributed by atoms with E-state index in [0.717, 1.165) is 58.7 Å². The molecule has 1 aromatic carbocycles. The number of aromatic nitrogens is 2. The van der Waals surface area contributed by atoms with Gasteiger partial charge in [-0.2, -0.15) is 0 Å². The van der Waals surface area contributed by atoms with Crippen LogP contribution in [0.3, 0.4) is 0 Å². The quantitative estimate of drug-likeness (QED) is 0.316. The number of quaternary nitrogens is 1. The summed E-state index contributed by atoms with van der Waals surface area (Å²) < 4.78 is 9.13. The molecule has 154 valence electrons. The molecule has 7 heteroatoms. The third-order valence-corrected chi connectivity index (χ3v) is 6.93. The van der Waals surface area contributed by atoms with Crippen molar-refractivity contribution < 1.29 is 4.74 Å². The van der Waals surface area contributed by atoms with Gasteiger partial charge in [-0.15, -0.1) is 11.8 Å². The SMILES string of the molecule is CCC[N+](C)(c1c(SC)nc2c(-c3ccc(Cl)cc3Cl)cccn12)C1CCCO1. The molecule has 1 aliphatic rings. The monoisotopic (exact) mass is 450 g/mol. The smallest absolute Gasteiger partial charge is 0.248 e. The van der Waals surface area contributed by atoms with Crippen LogP contribution in [0.25, 0.3) is 16.8 Å². The number of imidazole rings is 1. The second-order valence-corrected chi connectivity index (χ2v) is 9.28. The molecule has 29 heavy (non-hydrogen) atoms. The molecular formula is C22H26Cl2N3OS+. The average molecular weight is 451 g/mol. The Labute approximate surface area is 186 Å². The van der Waals surface area contributed by atoms with Crippen molar-refractivity contribution in [2.45, 2.75) is 37.4 Å². The van der Waals surface area contributed by atoms with Gasteiger partial charge in [0.05, 0.1) is 25.2 Å². The summed E-state index contributed by atoms with van der Waals surface area (Å²) in [7, 11) is 2.28. The van der Waals surface area contributed by atoms with E-state index in [1.165, 1.54) is 5.82 Å². The van der Waals surface area contributed by atoms with Gasteiger partial charge in [-0.25, -0.2) is 4.98 Å². The lowest BCUT2D eigenvalue weighted by atomic mass is 10.1. The first-order valence-electron chi connectivity index (χ1n) is 9.97. The van der Waals surface area contributed by atoms with Crippen molar-refractivity contribution in [1.82, 2.24) is 13.9 Å². The summed E-state index contributed by atoms with van der Waals surface area (Å²) in [6.45, 7) is 4.06. The molecule has 2 aromatic heterocycles. The average Bonchev–Trinajstić information content (AvgIpc) is 3.36. The van der Waals surface area contributed by atoms with Gasteiger partial charge in [-0.05, 0) is 43.4 Å². The number of halogens is 2. The Morgan fingerprint density at radius 3 is 2.76 bits per heavy atom. The zero-order valence-electron chi connectivity index (χ0n) is 17.0. The van der Waals surface area contributed by atoms with Crippen molar-refractivity contribution in [2.75, 3.05) is 26.5 Å². The van der Waals surface area contributed by atoms with Crippen LogP contribution in [-0.2, 0) is 4.74 Å². The number of hydrogen-bond donors (Lipinski definition) is 0. The number of ether oxygens (including phenoxy) is 1. The summed E-state index contributed by atoms with van der Waals surface area (Å²) in [4.78, 5) is 5.05. The van der Waals surface area contributed by atoms with Gasteiger partial charge in [0.25, 0.3) is 0 Å². The van der Waals surface area contributed by atoms with Gasteiger partial charge in [-0.1, -0.05) is 36.2 Å². The molecule has 0 radical (unpaired) electrons. The maximum absolute atomic E-state index is 6.54. The van der Waals surface area contributed by atoms with E-state index < -0.39 is 0 Å². The summed E-state index contributed by atoms with van der Waals surface area (Å²) in [6, 6.07) is 9.75. The van der Waals surface area contributed by atoms with Crippen molar-refractivity contribution in [3.8, 4) is 11.1 Å². The minimum atomic E-state index is 0.156. The number of pyridine rings is 1. The highest BCUT2D eigenvalue weighted by atomic mass is 35.5. The summed E-state index contributed by atoms with van der Waals surface area (Å²) in [5, 5.41) is 2.30. The minimum Gasteiger partial charge on any atom is -0.329 e. The second-order valence-electron chi connectivity index (χ2n) is 7.64. The summed E-state index contributed by atoms with van der Waals surface area (Å²) in [6.07, 6.45) is 7.60. The van der Waals surface area contributed by atoms with Gasteiger partial charge in [0, 0.05) is 28.8 Å². The lowest BCUT2D eigenvalue weighted by Gasteiger charge is -2.37. The van der Waals surface area contributed by atoms with Gasteiger partial charge >= 0.3 is 0 Å². The van der Waals surface area contributed by atoms with Crippen molar-refractivity contribution in [2.24, 2.45) is 0 Å². The molecule has 1 fully saturated rings. The molecule has 0 saturated carbocycles. The standard InChI is InChI=1S/C22H26Cl2N3OS/c1-4-12-27(2,19-8-6-13-28-19)22-21(29-3)25-20-17(7-5-11-26(20)22)16-10-9-15(23)14-18(16)24/h5,7,9-11,14,19H,4,6,8,12-13H2,1-3H3/q+1. The Hall–Kier alpha value is -1.24. The lowest BCUT2D eigenvalue weighted by molar-refractivity contribution is -0.00384. The van der Waals surface area contributed by atoms with Crippen LogP contribution in [0, 0.1) is 0 Å². The predicted molar refractivity (Wildman–Crippen MR) is 124 cm³/mol. The fourth-order valence-electron chi connectivity index (χ4n) is 4.42. The van der Waals surface area contributed by atoms with E-state index in [1.54, 1.807) is 17.8 Å². The second kappa shape index (κ2) is 8.48. The van der Waals surface area contributed by atoms with Crippen molar-refractivity contribution in [3.63, 3.8) is 0 Å². The minimum absolute atomic E-state index is 0.156.